The highest BCUT2D eigenvalue weighted by Crippen LogP contribution is 2.42. The number of rotatable bonds is 13. The van der Waals surface area contributed by atoms with Crippen molar-refractivity contribution in [3.63, 3.8) is 0 Å². The summed E-state index contributed by atoms with van der Waals surface area (Å²) in [5, 5.41) is 2.71. The lowest BCUT2D eigenvalue weighted by molar-refractivity contribution is -0.153. The molecule has 0 bridgehead atoms. The predicted octanol–water partition coefficient (Wildman–Crippen LogP) is 7.33. The second-order valence-corrected chi connectivity index (χ2v) is 21.6. The molecular formula is C39H45I6N5O14. The number of carbonyl (C=O) groups is 7. The van der Waals surface area contributed by atoms with Crippen LogP contribution >= 0.6 is 136 Å². The zero-order chi connectivity index (χ0) is 48.5. The molecule has 2 heterocycles. The van der Waals surface area contributed by atoms with Crippen LogP contribution < -0.4 is 15.1 Å². The second-order valence-electron chi connectivity index (χ2n) is 15.1. The molecule has 25 heteroatoms. The highest BCUT2D eigenvalue weighted by molar-refractivity contribution is 14.1. The number of halogens is 6. The minimum Gasteiger partial charge on any atom is -0.432 e. The van der Waals surface area contributed by atoms with Crippen LogP contribution in [0, 0.1) is 21.4 Å². The van der Waals surface area contributed by atoms with Gasteiger partial charge < -0.3 is 58.1 Å². The van der Waals surface area contributed by atoms with Crippen molar-refractivity contribution in [2.45, 2.75) is 85.7 Å². The zero-order valence-electron chi connectivity index (χ0n) is 36.3. The first-order chi connectivity index (χ1) is 29.5. The van der Waals surface area contributed by atoms with Crippen LogP contribution in [0.4, 0.5) is 21.9 Å². The number of benzene rings is 2. The summed E-state index contributed by atoms with van der Waals surface area (Å²) in [6.45, 7) is 11.6. The Morgan fingerprint density at radius 1 is 0.672 bits per heavy atom. The molecule has 0 saturated carbocycles. The van der Waals surface area contributed by atoms with Crippen molar-refractivity contribution in [3.8, 4) is 0 Å². The molecule has 2 fully saturated rings. The molecule has 2 saturated heterocycles. The van der Waals surface area contributed by atoms with E-state index < -0.39 is 72.7 Å². The topological polar surface area (TPSA) is 209 Å². The molecule has 2 aliphatic heterocycles. The van der Waals surface area contributed by atoms with Gasteiger partial charge in [-0.2, -0.15) is 0 Å². The average Bonchev–Trinajstić information content (AvgIpc) is 3.74. The van der Waals surface area contributed by atoms with Gasteiger partial charge in [0.2, 0.25) is 24.0 Å². The van der Waals surface area contributed by atoms with Crippen LogP contribution in [0.3, 0.4) is 0 Å². The Hall–Kier alpha value is -1.25. The average molecular weight is 1570 g/mol. The van der Waals surface area contributed by atoms with E-state index in [2.05, 4.69) is 5.32 Å². The summed E-state index contributed by atoms with van der Waals surface area (Å²) in [4.78, 5) is 98.8. The van der Waals surface area contributed by atoms with Crippen LogP contribution in [0.25, 0.3) is 0 Å². The Morgan fingerprint density at radius 2 is 1.14 bits per heavy atom. The van der Waals surface area contributed by atoms with Crippen LogP contribution in [0.5, 0.6) is 0 Å². The van der Waals surface area contributed by atoms with Gasteiger partial charge in [0.15, 0.2) is 24.0 Å². The molecule has 0 radical (unpaired) electrons. The summed E-state index contributed by atoms with van der Waals surface area (Å²) < 4.78 is 41.6. The number of carbonyl (C=O) groups excluding carboxylic acids is 7. The van der Waals surface area contributed by atoms with Crippen molar-refractivity contribution in [2.24, 2.45) is 0 Å². The van der Waals surface area contributed by atoms with Gasteiger partial charge in [0, 0.05) is 52.4 Å². The second kappa shape index (κ2) is 22.5. The van der Waals surface area contributed by atoms with Crippen molar-refractivity contribution < 1.29 is 66.7 Å². The highest BCUT2D eigenvalue weighted by Gasteiger charge is 2.42. The number of ether oxygens (including phenoxy) is 7. The summed E-state index contributed by atoms with van der Waals surface area (Å²) in [6.07, 6.45) is -4.24. The summed E-state index contributed by atoms with van der Waals surface area (Å²) in [5.74, 6) is -5.07. The van der Waals surface area contributed by atoms with E-state index in [4.69, 9.17) is 33.2 Å². The summed E-state index contributed by atoms with van der Waals surface area (Å²) in [6, 6.07) is 0. The summed E-state index contributed by atoms with van der Waals surface area (Å²) in [5.41, 5.74) is 1.13. The molecule has 2 aromatic rings. The molecule has 4 rings (SSSR count). The van der Waals surface area contributed by atoms with Crippen LogP contribution in [0.2, 0.25) is 0 Å². The van der Waals surface area contributed by atoms with Crippen molar-refractivity contribution in [3.05, 3.63) is 38.1 Å². The number of amides is 5. The van der Waals surface area contributed by atoms with Gasteiger partial charge in [-0.05, 0) is 163 Å². The third-order valence-corrected chi connectivity index (χ3v) is 15.9. The Kier molecular flexibility index (Phi) is 19.4. The van der Waals surface area contributed by atoms with E-state index in [0.717, 1.165) is 0 Å². The molecule has 0 aliphatic carbocycles. The SMILES string of the molecule is CC(=O)Nc1c(I)c(C(=O)OC(C)OC(=O)OCCN(C(C)=O)c2c(I)c(C(=O)N(C)C3COC(C)(C)O3)c(I)c(C(=O)N(C)C3COC(C)(C)O3)c2I)c(I)c(N(C)C(C)=O)c1I. The quantitative estimate of drug-likeness (QED) is 0.118. The van der Waals surface area contributed by atoms with E-state index >= 15 is 0 Å². The van der Waals surface area contributed by atoms with Crippen LogP contribution in [0.15, 0.2) is 0 Å². The smallest absolute Gasteiger partial charge is 0.432 e. The molecule has 1 N–H and O–H groups in total. The molecule has 0 spiro atoms. The van der Waals surface area contributed by atoms with Crippen molar-refractivity contribution in [1.82, 2.24) is 9.80 Å². The van der Waals surface area contributed by atoms with Gasteiger partial charge in [-0.25, -0.2) is 9.59 Å². The first-order valence-electron chi connectivity index (χ1n) is 19.0. The van der Waals surface area contributed by atoms with Crippen molar-refractivity contribution in [2.75, 3.05) is 62.6 Å². The lowest BCUT2D eigenvalue weighted by Gasteiger charge is -2.31. The number of hydrogen-bond donors (Lipinski definition) is 1. The molecule has 2 aliphatic rings. The molecule has 2 aromatic carbocycles. The highest BCUT2D eigenvalue weighted by atomic mass is 127. The minimum atomic E-state index is -1.48. The van der Waals surface area contributed by atoms with Crippen LogP contribution in [-0.4, -0.2) is 129 Å². The largest absolute Gasteiger partial charge is 0.511 e. The van der Waals surface area contributed by atoms with Crippen molar-refractivity contribution >= 4 is 194 Å². The number of hydrogen-bond acceptors (Lipinski definition) is 14. The maximum absolute atomic E-state index is 14.4. The molecule has 0 aromatic heterocycles. The van der Waals surface area contributed by atoms with E-state index in [1.165, 1.54) is 54.3 Å². The van der Waals surface area contributed by atoms with E-state index in [0.29, 0.717) is 32.8 Å². The Labute approximate surface area is 451 Å². The Bertz CT molecular complexity index is 2190. The standard InChI is InChI=1S/C39H45I6N5O14/c1-16(51)46-31-26(41)24(29(44)32(30(31)45)47(9)17(2)52)36(56)61-19(4)62-37(57)58-13-12-50(18(3)53)33-27(42)22(34(54)48(10)20-14-59-38(5,6)63-20)25(40)23(28(33)43)35(55)49(11)21-15-60-39(7,8)64-21/h19-21H,12-15H2,1-11H3,(H,46,51). The predicted molar refractivity (Wildman–Crippen MR) is 282 cm³/mol. The van der Waals surface area contributed by atoms with Crippen LogP contribution in [-0.2, 0) is 47.5 Å². The van der Waals surface area contributed by atoms with E-state index in [1.807, 2.05) is 136 Å². The molecule has 3 unspecified atom stereocenters. The number of nitrogens with one attached hydrogen (secondary N) is 1. The van der Waals surface area contributed by atoms with E-state index in [9.17, 15) is 33.6 Å². The fourth-order valence-electron chi connectivity index (χ4n) is 6.21. The lowest BCUT2D eigenvalue weighted by atomic mass is 10.1. The fraction of sp³-hybridized carbons (Fsp3) is 0.513. The summed E-state index contributed by atoms with van der Waals surface area (Å²) >= 11 is 11.7. The molecule has 19 nitrogen and oxygen atoms in total. The van der Waals surface area contributed by atoms with E-state index in [-0.39, 0.29) is 48.0 Å². The van der Waals surface area contributed by atoms with Gasteiger partial charge in [0.05, 0.1) is 71.4 Å². The van der Waals surface area contributed by atoms with Gasteiger partial charge in [0.1, 0.15) is 6.61 Å². The number of anilines is 3. The van der Waals surface area contributed by atoms with Gasteiger partial charge >= 0.3 is 12.1 Å². The molecular weight excluding hydrogens is 1520 g/mol. The number of esters is 1. The molecule has 352 valence electrons. The third kappa shape index (κ3) is 12.7. The first kappa shape index (κ1) is 55.3. The minimum absolute atomic E-state index is 0.0186. The monoisotopic (exact) mass is 1570 g/mol. The fourth-order valence-corrected chi connectivity index (χ4v) is 15.5. The molecule has 3 atom stereocenters. The Morgan fingerprint density at radius 3 is 1.55 bits per heavy atom. The van der Waals surface area contributed by atoms with E-state index in [1.54, 1.807) is 41.8 Å². The lowest BCUT2D eigenvalue weighted by Crippen LogP contribution is -2.43. The maximum Gasteiger partial charge on any atom is 0.511 e. The van der Waals surface area contributed by atoms with Crippen LogP contribution in [0.1, 0.15) is 86.5 Å². The van der Waals surface area contributed by atoms with Gasteiger partial charge in [-0.15, -0.1) is 0 Å². The molecule has 64 heavy (non-hydrogen) atoms. The van der Waals surface area contributed by atoms with Crippen molar-refractivity contribution in [1.29, 1.82) is 0 Å². The third-order valence-electron chi connectivity index (χ3n) is 9.54. The maximum atomic E-state index is 14.4. The first-order valence-corrected chi connectivity index (χ1v) is 25.4. The number of likely N-dealkylation sites (N-methyl/N-ethyl adjacent to an activating group) is 2. The normalized spacial score (nSPS) is 17.8. The Balaban J connectivity index is 1.61. The zero-order valence-corrected chi connectivity index (χ0v) is 49.3. The molecule has 5 amide bonds. The van der Waals surface area contributed by atoms with Gasteiger partial charge in [0.25, 0.3) is 11.8 Å². The van der Waals surface area contributed by atoms with Gasteiger partial charge in [-0.1, -0.05) is 0 Å². The summed E-state index contributed by atoms with van der Waals surface area (Å²) in [7, 11) is 4.63. The van der Waals surface area contributed by atoms with Gasteiger partial charge in [-0.3, -0.25) is 24.0 Å². The number of nitrogens with zero attached hydrogens (tertiary/aromatic N) is 4.